The molecule has 0 bridgehead atoms. The summed E-state index contributed by atoms with van der Waals surface area (Å²) in [6, 6.07) is 6.71. The van der Waals surface area contributed by atoms with Crippen molar-refractivity contribution < 1.29 is 9.26 Å². The van der Waals surface area contributed by atoms with Crippen LogP contribution in [0.15, 0.2) is 22.7 Å². The highest BCUT2D eigenvalue weighted by Crippen LogP contribution is 2.37. The van der Waals surface area contributed by atoms with Crippen molar-refractivity contribution in [2.24, 2.45) is 0 Å². The first-order valence-electron chi connectivity index (χ1n) is 7.61. The molecule has 0 saturated carbocycles. The molecule has 5 nitrogen and oxygen atoms in total. The number of hydrogen-bond donors (Lipinski definition) is 1. The SMILES string of the molecule is CCNC1CCc2c(OCc3noc(CC)n3)cccc21. The van der Waals surface area contributed by atoms with Crippen LogP contribution in [0.1, 0.15) is 49.2 Å². The van der Waals surface area contributed by atoms with Crippen LogP contribution in [0.2, 0.25) is 0 Å². The number of aromatic nitrogens is 2. The Bertz CT molecular complexity index is 609. The van der Waals surface area contributed by atoms with Gasteiger partial charge in [-0.05, 0) is 36.6 Å². The maximum Gasteiger partial charge on any atom is 0.226 e. The second-order valence-electron chi connectivity index (χ2n) is 5.22. The highest BCUT2D eigenvalue weighted by atomic mass is 16.5. The maximum absolute atomic E-state index is 5.91. The molecule has 1 unspecified atom stereocenters. The van der Waals surface area contributed by atoms with Crippen LogP contribution in [-0.4, -0.2) is 16.7 Å². The van der Waals surface area contributed by atoms with Crippen molar-refractivity contribution in [2.75, 3.05) is 6.54 Å². The van der Waals surface area contributed by atoms with Gasteiger partial charge in [-0.3, -0.25) is 0 Å². The van der Waals surface area contributed by atoms with E-state index in [2.05, 4.69) is 34.5 Å². The normalized spacial score (nSPS) is 17.0. The molecule has 1 atom stereocenters. The van der Waals surface area contributed by atoms with Gasteiger partial charge in [0.25, 0.3) is 0 Å². The van der Waals surface area contributed by atoms with Gasteiger partial charge in [0.1, 0.15) is 5.75 Å². The Morgan fingerprint density at radius 2 is 2.29 bits per heavy atom. The molecule has 3 rings (SSSR count). The number of benzene rings is 1. The molecule has 1 heterocycles. The van der Waals surface area contributed by atoms with E-state index in [9.17, 15) is 0 Å². The Balaban J connectivity index is 1.72. The molecule has 0 radical (unpaired) electrons. The Labute approximate surface area is 124 Å². The second kappa shape index (κ2) is 6.26. The van der Waals surface area contributed by atoms with Gasteiger partial charge in [0.15, 0.2) is 6.61 Å². The van der Waals surface area contributed by atoms with Crippen molar-refractivity contribution in [3.8, 4) is 5.75 Å². The van der Waals surface area contributed by atoms with E-state index in [0.29, 0.717) is 24.4 Å². The minimum Gasteiger partial charge on any atom is -0.485 e. The topological polar surface area (TPSA) is 60.2 Å². The van der Waals surface area contributed by atoms with Crippen LogP contribution in [0.5, 0.6) is 5.75 Å². The Morgan fingerprint density at radius 3 is 3.05 bits per heavy atom. The van der Waals surface area contributed by atoms with Gasteiger partial charge in [-0.2, -0.15) is 4.98 Å². The lowest BCUT2D eigenvalue weighted by molar-refractivity contribution is 0.283. The zero-order chi connectivity index (χ0) is 14.7. The van der Waals surface area contributed by atoms with Gasteiger partial charge in [0.2, 0.25) is 11.7 Å². The van der Waals surface area contributed by atoms with Gasteiger partial charge in [0, 0.05) is 12.5 Å². The van der Waals surface area contributed by atoms with E-state index >= 15 is 0 Å². The molecule has 2 aromatic rings. The molecule has 0 amide bonds. The van der Waals surface area contributed by atoms with Gasteiger partial charge >= 0.3 is 0 Å². The van der Waals surface area contributed by atoms with Crippen molar-refractivity contribution in [3.05, 3.63) is 41.0 Å². The van der Waals surface area contributed by atoms with Crippen LogP contribution >= 0.6 is 0 Å². The molecule has 1 aromatic heterocycles. The predicted molar refractivity (Wildman–Crippen MR) is 79.2 cm³/mol. The quantitative estimate of drug-likeness (QED) is 0.885. The highest BCUT2D eigenvalue weighted by Gasteiger charge is 2.24. The van der Waals surface area contributed by atoms with Crippen LogP contribution in [0, 0.1) is 0 Å². The summed E-state index contributed by atoms with van der Waals surface area (Å²) in [5, 5.41) is 7.43. The predicted octanol–water partition coefficient (Wildman–Crippen LogP) is 2.81. The Morgan fingerprint density at radius 1 is 1.38 bits per heavy atom. The summed E-state index contributed by atoms with van der Waals surface area (Å²) < 4.78 is 11.0. The van der Waals surface area contributed by atoms with Gasteiger partial charge in [-0.25, -0.2) is 0 Å². The maximum atomic E-state index is 5.91. The van der Waals surface area contributed by atoms with Crippen molar-refractivity contribution in [3.63, 3.8) is 0 Å². The lowest BCUT2D eigenvalue weighted by atomic mass is 10.1. The average Bonchev–Trinajstić information content (AvgIpc) is 3.13. The largest absolute Gasteiger partial charge is 0.485 e. The standard InChI is InChI=1S/C16H21N3O2/c1-3-16-18-15(19-21-16)10-20-14-7-5-6-11-12(14)8-9-13(11)17-4-2/h5-7,13,17H,3-4,8-10H2,1-2H3. The van der Waals surface area contributed by atoms with Gasteiger partial charge < -0.3 is 14.6 Å². The minimum absolute atomic E-state index is 0.353. The van der Waals surface area contributed by atoms with Crippen molar-refractivity contribution in [1.82, 2.24) is 15.5 Å². The summed E-state index contributed by atoms with van der Waals surface area (Å²) in [6.45, 7) is 5.46. The first kappa shape index (κ1) is 14.1. The molecule has 1 N–H and O–H groups in total. The van der Waals surface area contributed by atoms with E-state index in [4.69, 9.17) is 9.26 Å². The number of hydrogen-bond acceptors (Lipinski definition) is 5. The molecular formula is C16H21N3O2. The number of nitrogens with one attached hydrogen (secondary N) is 1. The summed E-state index contributed by atoms with van der Waals surface area (Å²) >= 11 is 0. The first-order chi connectivity index (χ1) is 10.3. The van der Waals surface area contributed by atoms with E-state index in [1.807, 2.05) is 13.0 Å². The van der Waals surface area contributed by atoms with Gasteiger partial charge in [0.05, 0.1) is 0 Å². The number of nitrogens with zero attached hydrogens (tertiary/aromatic N) is 2. The molecule has 112 valence electrons. The van der Waals surface area contributed by atoms with Gasteiger partial charge in [-0.1, -0.05) is 31.1 Å². The zero-order valence-corrected chi connectivity index (χ0v) is 12.6. The summed E-state index contributed by atoms with van der Waals surface area (Å²) in [5.41, 5.74) is 2.67. The number of rotatable bonds is 6. The van der Waals surface area contributed by atoms with Crippen molar-refractivity contribution >= 4 is 0 Å². The van der Waals surface area contributed by atoms with E-state index in [1.165, 1.54) is 11.1 Å². The van der Waals surface area contributed by atoms with Crippen LogP contribution < -0.4 is 10.1 Å². The fourth-order valence-electron chi connectivity index (χ4n) is 2.85. The highest BCUT2D eigenvalue weighted by molar-refractivity contribution is 5.45. The minimum atomic E-state index is 0.353. The van der Waals surface area contributed by atoms with Crippen molar-refractivity contribution in [2.45, 2.75) is 45.8 Å². The monoisotopic (exact) mass is 287 g/mol. The Kier molecular flexibility index (Phi) is 4.20. The molecule has 1 aromatic carbocycles. The van der Waals surface area contributed by atoms with Crippen molar-refractivity contribution in [1.29, 1.82) is 0 Å². The third kappa shape index (κ3) is 2.93. The number of aryl methyl sites for hydroxylation is 1. The lowest BCUT2D eigenvalue weighted by Crippen LogP contribution is -2.18. The van der Waals surface area contributed by atoms with Gasteiger partial charge in [-0.15, -0.1) is 0 Å². The number of fused-ring (bicyclic) bond motifs is 1. The van der Waals surface area contributed by atoms with E-state index in [-0.39, 0.29) is 0 Å². The summed E-state index contributed by atoms with van der Waals surface area (Å²) in [6.07, 6.45) is 2.93. The van der Waals surface area contributed by atoms with Crippen LogP contribution in [0.3, 0.4) is 0 Å². The third-order valence-corrected chi connectivity index (χ3v) is 3.85. The number of ether oxygens (including phenoxy) is 1. The first-order valence-corrected chi connectivity index (χ1v) is 7.61. The van der Waals surface area contributed by atoms with E-state index in [1.54, 1.807) is 0 Å². The average molecular weight is 287 g/mol. The summed E-state index contributed by atoms with van der Waals surface area (Å²) in [7, 11) is 0. The van der Waals surface area contributed by atoms with Crippen LogP contribution in [0.4, 0.5) is 0 Å². The third-order valence-electron chi connectivity index (χ3n) is 3.85. The molecular weight excluding hydrogens is 266 g/mol. The zero-order valence-electron chi connectivity index (χ0n) is 12.6. The smallest absolute Gasteiger partial charge is 0.226 e. The second-order valence-corrected chi connectivity index (χ2v) is 5.22. The molecule has 1 aliphatic rings. The molecule has 0 aliphatic heterocycles. The summed E-state index contributed by atoms with van der Waals surface area (Å²) in [5.74, 6) is 2.19. The molecule has 0 saturated heterocycles. The van der Waals surface area contributed by atoms with Crippen LogP contribution in [0.25, 0.3) is 0 Å². The lowest BCUT2D eigenvalue weighted by Gasteiger charge is -2.13. The Hall–Kier alpha value is -1.88. The molecule has 5 heteroatoms. The van der Waals surface area contributed by atoms with E-state index in [0.717, 1.165) is 31.6 Å². The van der Waals surface area contributed by atoms with E-state index < -0.39 is 0 Å². The summed E-state index contributed by atoms with van der Waals surface area (Å²) in [4.78, 5) is 4.27. The molecule has 21 heavy (non-hydrogen) atoms. The fourth-order valence-corrected chi connectivity index (χ4v) is 2.85. The fraction of sp³-hybridized carbons (Fsp3) is 0.500. The molecule has 1 aliphatic carbocycles. The van der Waals surface area contributed by atoms with Crippen LogP contribution in [-0.2, 0) is 19.4 Å². The molecule has 0 spiro atoms. The molecule has 0 fully saturated rings.